The first-order chi connectivity index (χ1) is 10.5. The van der Waals surface area contributed by atoms with Gasteiger partial charge in [-0.05, 0) is 12.8 Å². The van der Waals surface area contributed by atoms with Crippen LogP contribution in [0.3, 0.4) is 0 Å². The molecular formula is C12H18N5O4P. The fourth-order valence-electron chi connectivity index (χ4n) is 2.56. The quantitative estimate of drug-likeness (QED) is 0.585. The molecule has 0 atom stereocenters. The molecule has 0 amide bonds. The predicted octanol–water partition coefficient (Wildman–Crippen LogP) is 0.578. The molecule has 3 rings (SSSR count). The molecule has 1 aliphatic heterocycles. The molecule has 0 spiro atoms. The van der Waals surface area contributed by atoms with Crippen molar-refractivity contribution >= 4 is 24.4 Å². The second-order valence-electron chi connectivity index (χ2n) is 5.20. The van der Waals surface area contributed by atoms with E-state index in [1.807, 2.05) is 0 Å². The van der Waals surface area contributed by atoms with Crippen molar-refractivity contribution in [1.82, 2.24) is 19.7 Å². The maximum atomic E-state index is 10.7. The van der Waals surface area contributed by atoms with E-state index < -0.39 is 13.9 Å². The second kappa shape index (κ2) is 6.29. The molecule has 3 heterocycles. The molecule has 0 bridgehead atoms. The minimum absolute atomic E-state index is 0.158. The first-order valence-electron chi connectivity index (χ1n) is 7.08. The van der Waals surface area contributed by atoms with Crippen LogP contribution in [0.1, 0.15) is 12.8 Å². The zero-order valence-electron chi connectivity index (χ0n) is 12.0. The summed E-state index contributed by atoms with van der Waals surface area (Å²) in [5.41, 5.74) is 0.705. The number of anilines is 1. The van der Waals surface area contributed by atoms with E-state index in [2.05, 4.69) is 20.0 Å². The lowest BCUT2D eigenvalue weighted by molar-refractivity contribution is 0.147. The SMILES string of the molecule is O=P(O)(O)COCCn1ncc2c(N3CCCC3)ncnc21. The summed E-state index contributed by atoms with van der Waals surface area (Å²) in [6.07, 6.45) is 4.99. The van der Waals surface area contributed by atoms with Crippen molar-refractivity contribution in [2.45, 2.75) is 19.4 Å². The number of rotatable bonds is 6. The Morgan fingerprint density at radius 2 is 2.05 bits per heavy atom. The Hall–Kier alpha value is -1.54. The van der Waals surface area contributed by atoms with Crippen LogP contribution in [0.4, 0.5) is 5.82 Å². The molecule has 2 N–H and O–H groups in total. The van der Waals surface area contributed by atoms with Crippen LogP contribution >= 0.6 is 7.60 Å². The standard InChI is InChI=1S/C12H18N5O4P/c18-22(19,20)9-21-6-5-17-12-10(7-15-17)11(13-8-14-12)16-3-1-2-4-16/h7-8H,1-6,9H2,(H2,18,19,20). The largest absolute Gasteiger partial charge is 0.367 e. The Balaban J connectivity index is 1.72. The molecule has 0 radical (unpaired) electrons. The van der Waals surface area contributed by atoms with Crippen LogP contribution in [-0.4, -0.2) is 55.6 Å². The second-order valence-corrected chi connectivity index (χ2v) is 6.79. The molecule has 0 saturated carbocycles. The summed E-state index contributed by atoms with van der Waals surface area (Å²) in [4.78, 5) is 28.3. The van der Waals surface area contributed by atoms with Crippen molar-refractivity contribution in [2.75, 3.05) is 30.9 Å². The van der Waals surface area contributed by atoms with E-state index >= 15 is 0 Å². The molecular weight excluding hydrogens is 309 g/mol. The van der Waals surface area contributed by atoms with Gasteiger partial charge in [-0.3, -0.25) is 4.57 Å². The molecule has 2 aromatic rings. The van der Waals surface area contributed by atoms with E-state index in [0.29, 0.717) is 12.2 Å². The summed E-state index contributed by atoms with van der Waals surface area (Å²) < 4.78 is 17.4. The number of nitrogens with zero attached hydrogens (tertiary/aromatic N) is 5. The maximum absolute atomic E-state index is 10.7. The van der Waals surface area contributed by atoms with E-state index in [0.717, 1.165) is 37.1 Å². The van der Waals surface area contributed by atoms with Crippen LogP contribution in [0, 0.1) is 0 Å². The highest BCUT2D eigenvalue weighted by atomic mass is 31.2. The van der Waals surface area contributed by atoms with E-state index in [9.17, 15) is 4.57 Å². The third-order valence-electron chi connectivity index (χ3n) is 3.53. The number of hydrogen-bond donors (Lipinski definition) is 2. The van der Waals surface area contributed by atoms with Crippen molar-refractivity contribution in [1.29, 1.82) is 0 Å². The molecule has 9 nitrogen and oxygen atoms in total. The molecule has 0 aromatic carbocycles. The van der Waals surface area contributed by atoms with Gasteiger partial charge in [0.1, 0.15) is 18.5 Å². The van der Waals surface area contributed by atoms with Crippen molar-refractivity contribution in [2.24, 2.45) is 0 Å². The van der Waals surface area contributed by atoms with Crippen LogP contribution < -0.4 is 4.90 Å². The Labute approximate surface area is 127 Å². The van der Waals surface area contributed by atoms with Crippen molar-refractivity contribution < 1.29 is 19.1 Å². The minimum atomic E-state index is -4.13. The number of fused-ring (bicyclic) bond motifs is 1. The van der Waals surface area contributed by atoms with E-state index in [4.69, 9.17) is 14.5 Å². The Bertz CT molecular complexity index is 694. The predicted molar refractivity (Wildman–Crippen MR) is 79.6 cm³/mol. The van der Waals surface area contributed by atoms with Gasteiger partial charge >= 0.3 is 7.60 Å². The summed E-state index contributed by atoms with van der Waals surface area (Å²) in [6, 6.07) is 0. The Morgan fingerprint density at radius 1 is 1.27 bits per heavy atom. The van der Waals surface area contributed by atoms with Crippen molar-refractivity contribution in [3.8, 4) is 0 Å². The highest BCUT2D eigenvalue weighted by molar-refractivity contribution is 7.51. The molecule has 22 heavy (non-hydrogen) atoms. The topological polar surface area (TPSA) is 114 Å². The third-order valence-corrected chi connectivity index (χ3v) is 4.04. The Kier molecular flexibility index (Phi) is 4.39. The first kappa shape index (κ1) is 15.4. The van der Waals surface area contributed by atoms with Crippen LogP contribution in [0.5, 0.6) is 0 Å². The highest BCUT2D eigenvalue weighted by Crippen LogP contribution is 2.33. The fourth-order valence-corrected chi connectivity index (χ4v) is 2.93. The van der Waals surface area contributed by atoms with Gasteiger partial charge in [-0.25, -0.2) is 14.6 Å². The Morgan fingerprint density at radius 3 is 2.77 bits per heavy atom. The van der Waals surface area contributed by atoms with Gasteiger partial charge in [-0.2, -0.15) is 5.10 Å². The fraction of sp³-hybridized carbons (Fsp3) is 0.583. The molecule has 0 unspecified atom stereocenters. The average molecular weight is 327 g/mol. The van der Waals surface area contributed by atoms with Gasteiger partial charge in [0.05, 0.1) is 24.7 Å². The van der Waals surface area contributed by atoms with E-state index in [1.54, 1.807) is 10.9 Å². The molecule has 1 aliphatic rings. The summed E-state index contributed by atoms with van der Waals surface area (Å²) in [7, 11) is -4.13. The van der Waals surface area contributed by atoms with Gasteiger partial charge in [-0.15, -0.1) is 0 Å². The zero-order chi connectivity index (χ0) is 15.6. The number of ether oxygens (including phenoxy) is 1. The monoisotopic (exact) mass is 327 g/mol. The smallest absolute Gasteiger partial charge is 0.350 e. The lowest BCUT2D eigenvalue weighted by atomic mass is 10.3. The highest BCUT2D eigenvalue weighted by Gasteiger charge is 2.18. The molecule has 10 heteroatoms. The van der Waals surface area contributed by atoms with Crippen LogP contribution in [0.2, 0.25) is 0 Å². The average Bonchev–Trinajstić information content (AvgIpc) is 3.12. The minimum Gasteiger partial charge on any atom is -0.367 e. The molecule has 2 aromatic heterocycles. The maximum Gasteiger partial charge on any atom is 0.350 e. The first-order valence-corrected chi connectivity index (χ1v) is 8.88. The van der Waals surface area contributed by atoms with E-state index in [1.165, 1.54) is 6.33 Å². The number of hydrogen-bond acceptors (Lipinski definition) is 6. The molecule has 0 aliphatic carbocycles. The van der Waals surface area contributed by atoms with Crippen molar-refractivity contribution in [3.63, 3.8) is 0 Å². The lowest BCUT2D eigenvalue weighted by Crippen LogP contribution is -2.19. The van der Waals surface area contributed by atoms with Gasteiger partial charge in [0.15, 0.2) is 5.65 Å². The van der Waals surface area contributed by atoms with Gasteiger partial charge < -0.3 is 19.4 Å². The summed E-state index contributed by atoms with van der Waals surface area (Å²) >= 11 is 0. The third kappa shape index (κ3) is 3.44. The molecule has 1 saturated heterocycles. The number of aromatic nitrogens is 4. The normalized spacial score (nSPS) is 15.8. The van der Waals surface area contributed by atoms with Gasteiger partial charge in [-0.1, -0.05) is 0 Å². The molecule has 1 fully saturated rings. The van der Waals surface area contributed by atoms with E-state index in [-0.39, 0.29) is 6.61 Å². The van der Waals surface area contributed by atoms with Crippen LogP contribution in [0.25, 0.3) is 11.0 Å². The van der Waals surface area contributed by atoms with Gasteiger partial charge in [0.25, 0.3) is 0 Å². The summed E-state index contributed by atoms with van der Waals surface area (Å²) in [6.45, 7) is 2.51. The zero-order valence-corrected chi connectivity index (χ0v) is 12.9. The molecule has 120 valence electrons. The van der Waals surface area contributed by atoms with Gasteiger partial charge in [0.2, 0.25) is 0 Å². The van der Waals surface area contributed by atoms with Crippen LogP contribution in [-0.2, 0) is 15.8 Å². The van der Waals surface area contributed by atoms with Crippen LogP contribution in [0.15, 0.2) is 12.5 Å². The van der Waals surface area contributed by atoms with Gasteiger partial charge in [0, 0.05) is 13.1 Å². The lowest BCUT2D eigenvalue weighted by Gasteiger charge is -2.16. The van der Waals surface area contributed by atoms with Crippen molar-refractivity contribution in [3.05, 3.63) is 12.5 Å². The summed E-state index contributed by atoms with van der Waals surface area (Å²) in [5, 5.41) is 5.16. The summed E-state index contributed by atoms with van der Waals surface area (Å²) in [5.74, 6) is 0.893.